The minimum absolute atomic E-state index is 0.0106. The zero-order valence-electron chi connectivity index (χ0n) is 65.2. The van der Waals surface area contributed by atoms with Gasteiger partial charge in [-0.1, -0.05) is 356 Å². The number of hydrogen-bond donors (Lipinski definition) is 6. The predicted octanol–water partition coefficient (Wildman–Crippen LogP) is 23.9. The Kier molecular flexibility index (Phi) is 73.0. The van der Waals surface area contributed by atoms with Crippen molar-refractivity contribution in [3.63, 3.8) is 0 Å². The van der Waals surface area contributed by atoms with Gasteiger partial charge in [0.1, 0.15) is 24.4 Å². The fourth-order valence-corrected chi connectivity index (χ4v) is 13.2. The Balaban J connectivity index is 1.89. The van der Waals surface area contributed by atoms with Crippen LogP contribution in [-0.4, -0.2) is 100 Å². The Labute approximate surface area is 616 Å². The van der Waals surface area contributed by atoms with Gasteiger partial charge in [-0.3, -0.25) is 9.59 Å². The number of allylic oxidation sites excluding steroid dienone is 13. The van der Waals surface area contributed by atoms with E-state index in [1.54, 1.807) is 6.08 Å². The summed E-state index contributed by atoms with van der Waals surface area (Å²) in [7, 11) is 0. The summed E-state index contributed by atoms with van der Waals surface area (Å²) < 4.78 is 16.8. The summed E-state index contributed by atoms with van der Waals surface area (Å²) in [5.41, 5.74) is 0. The number of hydrogen-bond acceptors (Lipinski definition) is 10. The second-order valence-corrected chi connectivity index (χ2v) is 29.5. The number of aliphatic hydroxyl groups is 5. The Morgan fingerprint density at radius 3 is 1.07 bits per heavy atom. The number of esters is 1. The largest absolute Gasteiger partial charge is 0.466 e. The van der Waals surface area contributed by atoms with Crippen LogP contribution in [0.25, 0.3) is 0 Å². The van der Waals surface area contributed by atoms with E-state index >= 15 is 0 Å². The van der Waals surface area contributed by atoms with Crippen LogP contribution in [-0.2, 0) is 23.8 Å². The summed E-state index contributed by atoms with van der Waals surface area (Å²) in [4.78, 5) is 25.2. The number of amides is 1. The molecule has 6 N–H and O–H groups in total. The highest BCUT2D eigenvalue weighted by molar-refractivity contribution is 5.76. The molecule has 0 aromatic rings. The number of carbonyl (C=O) groups is 2. The summed E-state index contributed by atoms with van der Waals surface area (Å²) in [6, 6.07) is -0.834. The molecule has 0 aromatic carbocycles. The SMILES string of the molecule is CCCCC/C=C\C/C=C\CCCCCCCCCCCC(=O)OCCCCCCCCCCCCCCCCC/C=C\C/C=C\CCCCCCCCCCCCCCCCCCCC(=O)NC(COC1OC(CO)C(O)C(O)C1O)C(O)/C=C/CC/C=C/CC/C=C/CCCCCC. The van der Waals surface area contributed by atoms with Crippen LogP contribution >= 0.6 is 0 Å². The third kappa shape index (κ3) is 64.4. The molecule has 1 saturated heterocycles. The lowest BCUT2D eigenvalue weighted by Crippen LogP contribution is -2.60. The lowest BCUT2D eigenvalue weighted by Gasteiger charge is -2.40. The van der Waals surface area contributed by atoms with Crippen LogP contribution in [0.2, 0.25) is 0 Å². The molecular weight excluding hydrogens is 1240 g/mol. The van der Waals surface area contributed by atoms with Crippen molar-refractivity contribution in [1.29, 1.82) is 0 Å². The highest BCUT2D eigenvalue weighted by atomic mass is 16.7. The summed E-state index contributed by atoms with van der Waals surface area (Å²) in [6.07, 6.45) is 97.8. The van der Waals surface area contributed by atoms with Gasteiger partial charge in [0.25, 0.3) is 0 Å². The summed E-state index contributed by atoms with van der Waals surface area (Å²) in [6.45, 7) is 4.32. The third-order valence-electron chi connectivity index (χ3n) is 19.9. The fourth-order valence-electron chi connectivity index (χ4n) is 13.2. The minimum atomic E-state index is -1.58. The van der Waals surface area contributed by atoms with E-state index < -0.39 is 49.5 Å². The van der Waals surface area contributed by atoms with E-state index in [0.29, 0.717) is 19.4 Å². The van der Waals surface area contributed by atoms with Crippen LogP contribution < -0.4 is 5.32 Å². The maximum atomic E-state index is 13.1. The highest BCUT2D eigenvalue weighted by Crippen LogP contribution is 2.24. The van der Waals surface area contributed by atoms with E-state index in [9.17, 15) is 35.1 Å². The molecule has 582 valence electrons. The van der Waals surface area contributed by atoms with E-state index in [0.717, 1.165) is 83.5 Å². The van der Waals surface area contributed by atoms with Gasteiger partial charge in [-0.25, -0.2) is 0 Å². The molecule has 11 nitrogen and oxygen atoms in total. The van der Waals surface area contributed by atoms with E-state index in [4.69, 9.17) is 14.2 Å². The molecule has 1 amide bonds. The van der Waals surface area contributed by atoms with Gasteiger partial charge in [-0.15, -0.1) is 0 Å². The van der Waals surface area contributed by atoms with Crippen molar-refractivity contribution in [1.82, 2.24) is 5.32 Å². The first-order chi connectivity index (χ1) is 49.2. The lowest BCUT2D eigenvalue weighted by molar-refractivity contribution is -0.302. The molecule has 1 fully saturated rings. The molecule has 7 unspecified atom stereocenters. The molecule has 1 rings (SSSR count). The monoisotopic (exact) mass is 1400 g/mol. The van der Waals surface area contributed by atoms with Crippen molar-refractivity contribution in [3.8, 4) is 0 Å². The molecule has 0 saturated carbocycles. The highest BCUT2D eigenvalue weighted by Gasteiger charge is 2.44. The molecule has 1 aliphatic heterocycles. The van der Waals surface area contributed by atoms with Crippen LogP contribution in [0, 0.1) is 0 Å². The van der Waals surface area contributed by atoms with Crippen LogP contribution in [0.3, 0.4) is 0 Å². The second kappa shape index (κ2) is 77.0. The molecule has 1 aliphatic rings. The number of nitrogens with one attached hydrogen (secondary N) is 1. The zero-order chi connectivity index (χ0) is 72.2. The summed E-state index contributed by atoms with van der Waals surface area (Å²) in [5.74, 6) is -0.182. The number of carbonyl (C=O) groups excluding carboxylic acids is 2. The summed E-state index contributed by atoms with van der Waals surface area (Å²) in [5, 5.41) is 54.6. The molecule has 0 aromatic heterocycles. The topological polar surface area (TPSA) is 175 Å². The van der Waals surface area contributed by atoms with Crippen LogP contribution in [0.5, 0.6) is 0 Å². The maximum absolute atomic E-state index is 13.1. The zero-order valence-corrected chi connectivity index (χ0v) is 65.2. The lowest BCUT2D eigenvalue weighted by atomic mass is 9.99. The Bertz CT molecular complexity index is 1940. The van der Waals surface area contributed by atoms with Gasteiger partial charge >= 0.3 is 5.97 Å². The average molecular weight is 1410 g/mol. The minimum Gasteiger partial charge on any atom is -0.466 e. The summed E-state index contributed by atoms with van der Waals surface area (Å²) >= 11 is 0. The normalized spacial score (nSPS) is 17.5. The van der Waals surface area contributed by atoms with Crippen molar-refractivity contribution in [2.75, 3.05) is 19.8 Å². The molecule has 1 heterocycles. The van der Waals surface area contributed by atoms with Crippen LogP contribution in [0.1, 0.15) is 406 Å². The second-order valence-electron chi connectivity index (χ2n) is 29.5. The van der Waals surface area contributed by atoms with E-state index in [-0.39, 0.29) is 18.5 Å². The molecule has 100 heavy (non-hydrogen) atoms. The number of ether oxygens (including phenoxy) is 3. The van der Waals surface area contributed by atoms with Gasteiger partial charge in [0.2, 0.25) is 5.91 Å². The molecule has 7 atom stereocenters. The van der Waals surface area contributed by atoms with Crippen molar-refractivity contribution >= 4 is 11.9 Å². The predicted molar refractivity (Wildman–Crippen MR) is 426 cm³/mol. The number of unbranched alkanes of at least 4 members (excludes halogenated alkanes) is 50. The fraction of sp³-hybridized carbons (Fsp3) is 0.820. The Hall–Kier alpha value is -3.16. The van der Waals surface area contributed by atoms with Crippen molar-refractivity contribution in [2.24, 2.45) is 0 Å². The Morgan fingerprint density at radius 1 is 0.370 bits per heavy atom. The molecule has 0 radical (unpaired) electrons. The first-order valence-electron chi connectivity index (χ1n) is 42.9. The van der Waals surface area contributed by atoms with Crippen LogP contribution in [0.15, 0.2) is 85.1 Å². The van der Waals surface area contributed by atoms with Gasteiger partial charge in [0.05, 0.1) is 32.0 Å². The van der Waals surface area contributed by atoms with Gasteiger partial charge in [-0.2, -0.15) is 0 Å². The number of rotatable bonds is 76. The van der Waals surface area contributed by atoms with E-state index in [1.807, 2.05) is 6.08 Å². The van der Waals surface area contributed by atoms with Gasteiger partial charge in [-0.05, 0) is 122 Å². The number of aliphatic hydroxyl groups excluding tert-OH is 5. The van der Waals surface area contributed by atoms with Gasteiger partial charge in [0, 0.05) is 12.8 Å². The molecule has 0 aliphatic carbocycles. The standard InChI is InChI=1S/C89H161NO10/c1-3-5-7-9-11-13-15-17-19-20-42-46-49-53-57-61-65-69-73-77-85(94)98-78-74-70-66-62-58-54-50-47-44-41-39-37-35-33-31-29-27-25-23-21-22-24-26-28-30-32-34-36-38-40-43-45-48-52-56-60-64-68-72-76-84(93)90-81(80-99-89-88(97)87(96)86(95)83(79-91)100-89)82(92)75-71-67-63-59-55-51-18-16-14-12-10-8-6-4-2/h11,13-14,16-17,19,21-22,25,27,55,59,71,75,81-83,86-89,91-92,95-97H,3-10,12,15,18,20,23-24,26,28-54,56-58,60-70,72-74,76-80H2,1-2H3,(H,90,93)/b13-11-,16-14+,19-17-,22-21-,27-25-,59-55+,75-71+. The first kappa shape index (κ1) is 94.9. The van der Waals surface area contributed by atoms with Gasteiger partial charge < -0.3 is 45.1 Å². The molecule has 11 heteroatoms. The van der Waals surface area contributed by atoms with E-state index in [1.165, 1.54) is 295 Å². The molecule has 0 bridgehead atoms. The van der Waals surface area contributed by atoms with Crippen molar-refractivity contribution in [3.05, 3.63) is 85.1 Å². The molecular formula is C89H161NO10. The van der Waals surface area contributed by atoms with E-state index in [2.05, 4.69) is 92.1 Å². The third-order valence-corrected chi connectivity index (χ3v) is 19.9. The quantitative estimate of drug-likeness (QED) is 0.0195. The van der Waals surface area contributed by atoms with Crippen molar-refractivity contribution in [2.45, 2.75) is 448 Å². The molecule has 0 spiro atoms. The van der Waals surface area contributed by atoms with Gasteiger partial charge in [0.15, 0.2) is 6.29 Å². The maximum Gasteiger partial charge on any atom is 0.305 e. The average Bonchev–Trinajstić information content (AvgIpc) is 0.822. The first-order valence-corrected chi connectivity index (χ1v) is 42.9. The van der Waals surface area contributed by atoms with Crippen LogP contribution in [0.4, 0.5) is 0 Å². The van der Waals surface area contributed by atoms with Crippen molar-refractivity contribution < 1.29 is 49.3 Å². The Morgan fingerprint density at radius 2 is 0.680 bits per heavy atom. The smallest absolute Gasteiger partial charge is 0.305 e.